The van der Waals surface area contributed by atoms with Crippen LogP contribution in [0.25, 0.3) is 0 Å². The summed E-state index contributed by atoms with van der Waals surface area (Å²) in [7, 11) is 2.72. The lowest BCUT2D eigenvalue weighted by Gasteiger charge is -1.93. The van der Waals surface area contributed by atoms with Gasteiger partial charge in [0.1, 0.15) is 5.03 Å². The summed E-state index contributed by atoms with van der Waals surface area (Å²) >= 11 is 0. The van der Waals surface area contributed by atoms with E-state index in [4.69, 9.17) is 6.48 Å². The molecule has 0 aliphatic rings. The monoisotopic (exact) mass is 175 g/mol. The Balaban J connectivity index is 2.52. The molecule has 1 aromatic heterocycles. The molecule has 1 heterocycles. The molecular formula is C6H7NOS2. The van der Waals surface area contributed by atoms with Crippen molar-refractivity contribution in [1.29, 1.82) is 0 Å². The van der Waals surface area contributed by atoms with Crippen LogP contribution in [0.15, 0.2) is 29.4 Å². The molecule has 0 aliphatic heterocycles. The first-order chi connectivity index (χ1) is 5.33. The van der Waals surface area contributed by atoms with E-state index in [0.29, 0.717) is 6.04 Å². The largest absolute Gasteiger partial charge is 0.385 e. The molecular weight excluding hydrogens is 166 g/mol. The van der Waals surface area contributed by atoms with Crippen molar-refractivity contribution in [2.75, 3.05) is 5.94 Å². The van der Waals surface area contributed by atoms with E-state index < -0.39 is 0 Å². The Bertz CT molecular complexity index is 216. The van der Waals surface area contributed by atoms with Crippen molar-refractivity contribution in [2.24, 2.45) is 0 Å². The standard InChI is InChI=1S/C6H7NOS2/c8-5-9-10-6-3-1-2-4-7-6/h1-4,8H,5H2/i2T. The van der Waals surface area contributed by atoms with Gasteiger partial charge in [-0.15, -0.1) is 0 Å². The molecule has 54 valence electrons. The molecule has 0 aromatic carbocycles. The van der Waals surface area contributed by atoms with E-state index in [1.807, 2.05) is 0 Å². The van der Waals surface area contributed by atoms with Gasteiger partial charge >= 0.3 is 0 Å². The highest BCUT2D eigenvalue weighted by molar-refractivity contribution is 8.76. The maximum Gasteiger partial charge on any atom is 0.107 e. The van der Waals surface area contributed by atoms with Crippen LogP contribution in [0.2, 0.25) is 0 Å². The van der Waals surface area contributed by atoms with Gasteiger partial charge in [0.15, 0.2) is 0 Å². The molecule has 0 amide bonds. The van der Waals surface area contributed by atoms with Crippen LogP contribution in [0.5, 0.6) is 0 Å². The number of hydrogen-bond acceptors (Lipinski definition) is 4. The molecule has 0 saturated carbocycles. The van der Waals surface area contributed by atoms with E-state index >= 15 is 0 Å². The summed E-state index contributed by atoms with van der Waals surface area (Å²) in [4.78, 5) is 3.96. The van der Waals surface area contributed by atoms with Crippen molar-refractivity contribution in [3.63, 3.8) is 0 Å². The molecule has 4 heteroatoms. The zero-order valence-corrected chi connectivity index (χ0v) is 6.78. The lowest BCUT2D eigenvalue weighted by atomic mass is 10.5. The van der Waals surface area contributed by atoms with Crippen molar-refractivity contribution in [3.8, 4) is 0 Å². The molecule has 1 N–H and O–H groups in total. The maximum absolute atomic E-state index is 8.46. The highest BCUT2D eigenvalue weighted by Crippen LogP contribution is 2.27. The first-order valence-corrected chi connectivity index (χ1v) is 4.98. The first-order valence-electron chi connectivity index (χ1n) is 3.16. The lowest BCUT2D eigenvalue weighted by Crippen LogP contribution is -1.73. The summed E-state index contributed by atoms with van der Waals surface area (Å²) < 4.78 is 7.14. The van der Waals surface area contributed by atoms with Crippen molar-refractivity contribution in [2.45, 2.75) is 5.03 Å². The number of rotatable bonds is 3. The second-order valence-corrected chi connectivity index (χ2v) is 3.71. The van der Waals surface area contributed by atoms with Gasteiger partial charge in [0.2, 0.25) is 0 Å². The fourth-order valence-electron chi connectivity index (χ4n) is 0.442. The first kappa shape index (κ1) is 6.52. The SMILES string of the molecule is [3H]c1ccc(SSCO)nc1. The van der Waals surface area contributed by atoms with Gasteiger partial charge in [0, 0.05) is 6.20 Å². The minimum absolute atomic E-state index is 0.0783. The fourth-order valence-corrected chi connectivity index (χ4v) is 1.65. The topological polar surface area (TPSA) is 33.1 Å². The minimum Gasteiger partial charge on any atom is -0.385 e. The molecule has 0 bridgehead atoms. The Labute approximate surface area is 68.9 Å². The van der Waals surface area contributed by atoms with Gasteiger partial charge in [-0.3, -0.25) is 0 Å². The van der Waals surface area contributed by atoms with E-state index in [9.17, 15) is 0 Å². The Morgan fingerprint density at radius 2 is 2.70 bits per heavy atom. The fraction of sp³-hybridized carbons (Fsp3) is 0.167. The van der Waals surface area contributed by atoms with Gasteiger partial charge in [-0.05, 0) is 22.9 Å². The Morgan fingerprint density at radius 3 is 3.30 bits per heavy atom. The van der Waals surface area contributed by atoms with Crippen LogP contribution in [-0.4, -0.2) is 16.0 Å². The van der Waals surface area contributed by atoms with Crippen molar-refractivity contribution >= 4 is 21.6 Å². The smallest absolute Gasteiger partial charge is 0.107 e. The van der Waals surface area contributed by atoms with Crippen LogP contribution in [-0.2, 0) is 0 Å². The second kappa shape index (κ2) is 4.60. The summed E-state index contributed by atoms with van der Waals surface area (Å²) in [6.45, 7) is 0. The highest BCUT2D eigenvalue weighted by atomic mass is 33.1. The molecule has 0 spiro atoms. The predicted molar refractivity (Wildman–Crippen MR) is 44.8 cm³/mol. The van der Waals surface area contributed by atoms with Crippen LogP contribution in [0.4, 0.5) is 0 Å². The van der Waals surface area contributed by atoms with Crippen LogP contribution in [0, 0.1) is 0 Å². The maximum atomic E-state index is 8.46. The van der Waals surface area contributed by atoms with Gasteiger partial charge in [-0.2, -0.15) is 0 Å². The summed E-state index contributed by atoms with van der Waals surface area (Å²) in [6.07, 6.45) is 1.49. The number of pyridine rings is 1. The van der Waals surface area contributed by atoms with E-state index in [1.165, 1.54) is 27.8 Å². The predicted octanol–water partition coefficient (Wildman–Crippen LogP) is 1.77. The van der Waals surface area contributed by atoms with Crippen LogP contribution < -0.4 is 0 Å². The Morgan fingerprint density at radius 1 is 1.80 bits per heavy atom. The zero-order chi connectivity index (χ0) is 8.10. The summed E-state index contributed by atoms with van der Waals surface area (Å²) in [5.41, 5.74) is 0. The van der Waals surface area contributed by atoms with E-state index in [-0.39, 0.29) is 5.94 Å². The summed E-state index contributed by atoms with van der Waals surface area (Å²) in [5.74, 6) is 0.0783. The molecule has 10 heavy (non-hydrogen) atoms. The van der Waals surface area contributed by atoms with Gasteiger partial charge in [-0.1, -0.05) is 16.9 Å². The van der Waals surface area contributed by atoms with Crippen molar-refractivity contribution < 1.29 is 6.48 Å². The molecule has 0 aliphatic carbocycles. The normalized spacial score (nSPS) is 11.1. The third-order valence-electron chi connectivity index (χ3n) is 0.785. The highest BCUT2D eigenvalue weighted by Gasteiger charge is 1.90. The van der Waals surface area contributed by atoms with Crippen LogP contribution >= 0.6 is 21.6 Å². The van der Waals surface area contributed by atoms with E-state index in [1.54, 1.807) is 12.1 Å². The molecule has 0 saturated heterocycles. The minimum atomic E-state index is 0.0783. The Kier molecular flexibility index (Phi) is 3.00. The van der Waals surface area contributed by atoms with Gasteiger partial charge < -0.3 is 5.11 Å². The van der Waals surface area contributed by atoms with Crippen LogP contribution in [0.1, 0.15) is 1.37 Å². The number of aliphatic hydroxyl groups is 1. The molecule has 2 nitrogen and oxygen atoms in total. The average molecular weight is 175 g/mol. The Hall–Kier alpha value is -0.190. The summed E-state index contributed by atoms with van der Waals surface area (Å²) in [5, 5.41) is 9.28. The van der Waals surface area contributed by atoms with Gasteiger partial charge in [-0.25, -0.2) is 4.98 Å². The number of hydrogen-bond donors (Lipinski definition) is 1. The van der Waals surface area contributed by atoms with E-state index in [2.05, 4.69) is 4.98 Å². The molecule has 0 fully saturated rings. The van der Waals surface area contributed by atoms with Crippen molar-refractivity contribution in [3.05, 3.63) is 24.4 Å². The molecule has 0 radical (unpaired) electrons. The lowest BCUT2D eigenvalue weighted by molar-refractivity contribution is 0.376. The molecule has 0 unspecified atom stereocenters. The zero-order valence-electron chi connectivity index (χ0n) is 6.15. The molecule has 1 rings (SSSR count). The average Bonchev–Trinajstić information content (AvgIpc) is 2.04. The molecule has 0 atom stereocenters. The van der Waals surface area contributed by atoms with Crippen LogP contribution in [0.3, 0.4) is 0 Å². The van der Waals surface area contributed by atoms with Gasteiger partial charge in [0.25, 0.3) is 0 Å². The molecule has 1 aromatic rings. The number of nitrogens with zero attached hydrogens (tertiary/aromatic N) is 1. The number of aromatic nitrogens is 1. The second-order valence-electron chi connectivity index (χ2n) is 1.43. The van der Waals surface area contributed by atoms with Gasteiger partial charge in [0.05, 0.1) is 7.31 Å². The number of aliphatic hydroxyl groups excluding tert-OH is 1. The van der Waals surface area contributed by atoms with Crippen molar-refractivity contribution in [1.82, 2.24) is 4.98 Å². The quantitative estimate of drug-likeness (QED) is 0.560. The van der Waals surface area contributed by atoms with E-state index in [0.717, 1.165) is 5.03 Å². The third-order valence-corrected chi connectivity index (χ3v) is 2.60. The third kappa shape index (κ3) is 2.60. The summed E-state index contributed by atoms with van der Waals surface area (Å²) in [6, 6.07) is 3.84.